The van der Waals surface area contributed by atoms with Crippen LogP contribution in [0.4, 0.5) is 10.1 Å². The molecule has 156 valence electrons. The van der Waals surface area contributed by atoms with Crippen molar-refractivity contribution >= 4 is 28.6 Å². The normalized spacial score (nSPS) is 10.6. The van der Waals surface area contributed by atoms with Crippen molar-refractivity contribution in [2.45, 2.75) is 0 Å². The molecule has 0 radical (unpaired) electrons. The highest BCUT2D eigenvalue weighted by molar-refractivity contribution is 5.97. The summed E-state index contributed by atoms with van der Waals surface area (Å²) in [7, 11) is 1.60. The Balaban J connectivity index is 1.41. The predicted molar refractivity (Wildman–Crippen MR) is 113 cm³/mol. The Hall–Kier alpha value is -4.20. The molecule has 0 aliphatic heterocycles. The van der Waals surface area contributed by atoms with Gasteiger partial charge in [0.15, 0.2) is 6.61 Å². The lowest BCUT2D eigenvalue weighted by Gasteiger charge is -2.06. The van der Waals surface area contributed by atoms with E-state index in [4.69, 9.17) is 9.47 Å². The van der Waals surface area contributed by atoms with E-state index < -0.39 is 24.3 Å². The topological polar surface area (TPSA) is 93.3 Å². The maximum absolute atomic E-state index is 12.9. The first-order chi connectivity index (χ1) is 15.0. The van der Waals surface area contributed by atoms with Crippen molar-refractivity contribution in [1.82, 2.24) is 9.97 Å². The van der Waals surface area contributed by atoms with Crippen LogP contribution in [0.15, 0.2) is 66.7 Å². The number of nitrogens with one attached hydrogen (secondary N) is 2. The predicted octanol–water partition coefficient (Wildman–Crippen LogP) is 4.17. The van der Waals surface area contributed by atoms with Crippen LogP contribution < -0.4 is 10.1 Å². The molecule has 4 rings (SSSR count). The number of hydrogen-bond donors (Lipinski definition) is 2. The molecule has 8 heteroatoms. The van der Waals surface area contributed by atoms with Crippen LogP contribution in [0.3, 0.4) is 0 Å². The number of methoxy groups -OCH3 is 1. The molecule has 3 aromatic carbocycles. The number of nitrogens with zero attached hydrogens (tertiary/aromatic N) is 1. The van der Waals surface area contributed by atoms with Crippen molar-refractivity contribution in [3.8, 4) is 17.1 Å². The van der Waals surface area contributed by atoms with Gasteiger partial charge in [0.05, 0.1) is 23.7 Å². The van der Waals surface area contributed by atoms with Gasteiger partial charge < -0.3 is 19.8 Å². The number of anilines is 1. The minimum atomic E-state index is -0.642. The molecular weight excluding hydrogens is 401 g/mol. The van der Waals surface area contributed by atoms with E-state index in [-0.39, 0.29) is 5.56 Å². The standard InChI is InChI=1S/C23H18FN3O4/c1-30-18-9-2-14(3-10-18)22-26-19-11-4-15(12-20(19)27-22)23(29)31-13-21(28)25-17-7-5-16(24)6-8-17/h2-12H,13H2,1H3,(H,25,28)(H,26,27). The van der Waals surface area contributed by atoms with Crippen molar-refractivity contribution in [3.63, 3.8) is 0 Å². The molecule has 0 aliphatic rings. The van der Waals surface area contributed by atoms with E-state index in [0.29, 0.717) is 22.5 Å². The Labute approximate surface area is 176 Å². The van der Waals surface area contributed by atoms with Crippen molar-refractivity contribution in [1.29, 1.82) is 0 Å². The van der Waals surface area contributed by atoms with E-state index >= 15 is 0 Å². The van der Waals surface area contributed by atoms with E-state index in [0.717, 1.165) is 11.3 Å². The smallest absolute Gasteiger partial charge is 0.338 e. The number of amides is 1. The number of H-pyrrole nitrogens is 1. The fourth-order valence-electron chi connectivity index (χ4n) is 2.97. The number of imidazole rings is 1. The van der Waals surface area contributed by atoms with Crippen LogP contribution in [-0.4, -0.2) is 35.6 Å². The first-order valence-corrected chi connectivity index (χ1v) is 9.38. The second-order valence-corrected chi connectivity index (χ2v) is 6.68. The van der Waals surface area contributed by atoms with Crippen molar-refractivity contribution in [2.24, 2.45) is 0 Å². The van der Waals surface area contributed by atoms with Gasteiger partial charge in [0.25, 0.3) is 5.91 Å². The van der Waals surface area contributed by atoms with Crippen LogP contribution >= 0.6 is 0 Å². The number of carbonyl (C=O) groups excluding carboxylic acids is 2. The molecule has 1 amide bonds. The summed E-state index contributed by atoms with van der Waals surface area (Å²) in [5.41, 5.74) is 2.92. The molecule has 0 atom stereocenters. The molecule has 0 aliphatic carbocycles. The molecule has 0 saturated carbocycles. The molecular formula is C23H18FN3O4. The monoisotopic (exact) mass is 419 g/mol. The van der Waals surface area contributed by atoms with Crippen LogP contribution in [0.25, 0.3) is 22.4 Å². The zero-order valence-corrected chi connectivity index (χ0v) is 16.5. The van der Waals surface area contributed by atoms with E-state index in [1.807, 2.05) is 24.3 Å². The lowest BCUT2D eigenvalue weighted by molar-refractivity contribution is -0.119. The van der Waals surface area contributed by atoms with Crippen LogP contribution in [0, 0.1) is 5.82 Å². The Bertz CT molecular complexity index is 1230. The SMILES string of the molecule is COc1ccc(-c2nc3ccc(C(=O)OCC(=O)Nc4ccc(F)cc4)cc3[nH]2)cc1. The average molecular weight is 419 g/mol. The van der Waals surface area contributed by atoms with E-state index in [2.05, 4.69) is 15.3 Å². The van der Waals surface area contributed by atoms with Gasteiger partial charge in [-0.2, -0.15) is 0 Å². The number of fused-ring (bicyclic) bond motifs is 1. The van der Waals surface area contributed by atoms with Gasteiger partial charge in [0.1, 0.15) is 17.4 Å². The number of esters is 1. The third-order valence-corrected chi connectivity index (χ3v) is 4.54. The summed E-state index contributed by atoms with van der Waals surface area (Å²) in [5, 5.41) is 2.53. The lowest BCUT2D eigenvalue weighted by atomic mass is 10.2. The summed E-state index contributed by atoms with van der Waals surface area (Å²) in [6, 6.07) is 17.6. The molecule has 0 fully saturated rings. The fraction of sp³-hybridized carbons (Fsp3) is 0.0870. The first-order valence-electron chi connectivity index (χ1n) is 9.38. The average Bonchev–Trinajstić information content (AvgIpc) is 3.22. The number of hydrogen-bond acceptors (Lipinski definition) is 5. The van der Waals surface area contributed by atoms with Crippen LogP contribution in [0.5, 0.6) is 5.75 Å². The van der Waals surface area contributed by atoms with Crippen molar-refractivity contribution in [3.05, 3.63) is 78.1 Å². The minimum Gasteiger partial charge on any atom is -0.497 e. The quantitative estimate of drug-likeness (QED) is 0.458. The molecule has 1 heterocycles. The third kappa shape index (κ3) is 4.69. The zero-order chi connectivity index (χ0) is 21.8. The number of aromatic amines is 1. The highest BCUT2D eigenvalue weighted by Gasteiger charge is 2.13. The van der Waals surface area contributed by atoms with Gasteiger partial charge in [0, 0.05) is 11.3 Å². The zero-order valence-electron chi connectivity index (χ0n) is 16.5. The molecule has 4 aromatic rings. The van der Waals surface area contributed by atoms with Crippen molar-refractivity contribution in [2.75, 3.05) is 19.0 Å². The van der Waals surface area contributed by atoms with Gasteiger partial charge in [-0.25, -0.2) is 14.2 Å². The second kappa shape index (κ2) is 8.66. The van der Waals surface area contributed by atoms with Gasteiger partial charge in [-0.15, -0.1) is 0 Å². The van der Waals surface area contributed by atoms with Gasteiger partial charge in [0.2, 0.25) is 0 Å². The Morgan fingerprint density at radius 1 is 1.03 bits per heavy atom. The molecule has 31 heavy (non-hydrogen) atoms. The summed E-state index contributed by atoms with van der Waals surface area (Å²) < 4.78 is 23.1. The molecule has 0 bridgehead atoms. The summed E-state index contributed by atoms with van der Waals surface area (Å²) in [4.78, 5) is 32.0. The third-order valence-electron chi connectivity index (χ3n) is 4.54. The fourth-order valence-corrected chi connectivity index (χ4v) is 2.97. The first kappa shape index (κ1) is 20.1. The molecule has 0 spiro atoms. The van der Waals surface area contributed by atoms with Crippen LogP contribution in [-0.2, 0) is 9.53 Å². The summed E-state index contributed by atoms with van der Waals surface area (Å²) in [6.45, 7) is -0.464. The lowest BCUT2D eigenvalue weighted by Crippen LogP contribution is -2.20. The summed E-state index contributed by atoms with van der Waals surface area (Å²) in [5.74, 6) is -0.176. The maximum Gasteiger partial charge on any atom is 0.338 e. The second-order valence-electron chi connectivity index (χ2n) is 6.68. The number of carbonyl (C=O) groups is 2. The number of halogens is 1. The highest BCUT2D eigenvalue weighted by atomic mass is 19.1. The molecule has 0 saturated heterocycles. The van der Waals surface area contributed by atoms with Gasteiger partial charge in [-0.3, -0.25) is 4.79 Å². The van der Waals surface area contributed by atoms with Gasteiger partial charge in [-0.05, 0) is 66.7 Å². The van der Waals surface area contributed by atoms with Gasteiger partial charge in [-0.1, -0.05) is 0 Å². The largest absolute Gasteiger partial charge is 0.497 e. The molecule has 7 nitrogen and oxygen atoms in total. The van der Waals surface area contributed by atoms with Crippen molar-refractivity contribution < 1.29 is 23.5 Å². The van der Waals surface area contributed by atoms with Gasteiger partial charge >= 0.3 is 5.97 Å². The highest BCUT2D eigenvalue weighted by Crippen LogP contribution is 2.23. The number of benzene rings is 3. The van der Waals surface area contributed by atoms with Crippen LogP contribution in [0.2, 0.25) is 0 Å². The van der Waals surface area contributed by atoms with Crippen LogP contribution in [0.1, 0.15) is 10.4 Å². The Morgan fingerprint density at radius 3 is 2.48 bits per heavy atom. The Morgan fingerprint density at radius 2 is 1.77 bits per heavy atom. The minimum absolute atomic E-state index is 0.284. The van der Waals surface area contributed by atoms with E-state index in [1.54, 1.807) is 25.3 Å². The summed E-state index contributed by atoms with van der Waals surface area (Å²) >= 11 is 0. The van der Waals surface area contributed by atoms with E-state index in [1.165, 1.54) is 24.3 Å². The number of ether oxygens (including phenoxy) is 2. The molecule has 0 unspecified atom stereocenters. The number of aromatic nitrogens is 2. The summed E-state index contributed by atoms with van der Waals surface area (Å²) in [6.07, 6.45) is 0. The number of rotatable bonds is 6. The molecule has 1 aromatic heterocycles. The maximum atomic E-state index is 12.9. The Kier molecular flexibility index (Phi) is 5.61. The molecule has 2 N–H and O–H groups in total. The van der Waals surface area contributed by atoms with E-state index in [9.17, 15) is 14.0 Å².